The first-order chi connectivity index (χ1) is 14.4. The monoisotopic (exact) mass is 480 g/mol. The van der Waals surface area contributed by atoms with Gasteiger partial charge in [-0.3, -0.25) is 19.8 Å². The van der Waals surface area contributed by atoms with Crippen molar-refractivity contribution in [2.24, 2.45) is 11.0 Å². The first kappa shape index (κ1) is 20.2. The second-order valence-corrected chi connectivity index (χ2v) is 8.12. The van der Waals surface area contributed by atoms with Gasteiger partial charge in [0.15, 0.2) is 5.11 Å². The predicted octanol–water partition coefficient (Wildman–Crippen LogP) is 4.15. The van der Waals surface area contributed by atoms with Gasteiger partial charge in [0.2, 0.25) is 0 Å². The molecule has 0 aromatic heterocycles. The Morgan fingerprint density at radius 1 is 1.10 bits per heavy atom. The number of thiocarbonyl (C=S) groups is 1. The smallest absolute Gasteiger partial charge is 0.269 e. The summed E-state index contributed by atoms with van der Waals surface area (Å²) < 4.78 is 0.872. The lowest BCUT2D eigenvalue weighted by Gasteiger charge is -2.29. The number of hydrogen-bond donors (Lipinski definition) is 1. The van der Waals surface area contributed by atoms with Crippen LogP contribution in [0.2, 0.25) is 0 Å². The highest BCUT2D eigenvalue weighted by atomic mass is 79.9. The lowest BCUT2D eigenvalue weighted by atomic mass is 9.97. The minimum absolute atomic E-state index is 0.00197. The Morgan fingerprint density at radius 3 is 2.43 bits per heavy atom. The van der Waals surface area contributed by atoms with Crippen LogP contribution < -0.4 is 15.2 Å². The summed E-state index contributed by atoms with van der Waals surface area (Å²) in [5.41, 5.74) is 2.83. The van der Waals surface area contributed by atoms with E-state index in [9.17, 15) is 9.59 Å². The van der Waals surface area contributed by atoms with Gasteiger partial charge in [-0.1, -0.05) is 46.8 Å². The van der Waals surface area contributed by atoms with E-state index in [1.54, 1.807) is 35.4 Å². The Morgan fingerprint density at radius 2 is 1.77 bits per heavy atom. The molecule has 1 atom stereocenters. The number of carbonyl (C=O) groups excluding carboxylic acids is 2. The largest absolute Gasteiger partial charge is 0.298 e. The molecular formula is C22H17BrN4O2S. The van der Waals surface area contributed by atoms with Crippen molar-refractivity contribution in [1.29, 1.82) is 0 Å². The zero-order chi connectivity index (χ0) is 21.4. The van der Waals surface area contributed by atoms with Crippen molar-refractivity contribution in [2.45, 2.75) is 6.92 Å². The van der Waals surface area contributed by atoms with Gasteiger partial charge < -0.3 is 0 Å². The molecule has 150 valence electrons. The molecular weight excluding hydrogens is 464 g/mol. The lowest BCUT2D eigenvalue weighted by molar-refractivity contribution is -0.122. The van der Waals surface area contributed by atoms with E-state index in [0.717, 1.165) is 15.9 Å². The molecule has 2 amide bonds. The summed E-state index contributed by atoms with van der Waals surface area (Å²) in [5, 5.41) is 8.93. The highest BCUT2D eigenvalue weighted by Crippen LogP contribution is 2.32. The maximum absolute atomic E-state index is 13.2. The van der Waals surface area contributed by atoms with Crippen molar-refractivity contribution < 1.29 is 9.59 Å². The van der Waals surface area contributed by atoms with Crippen LogP contribution >= 0.6 is 28.1 Å². The zero-order valence-electron chi connectivity index (χ0n) is 16.0. The van der Waals surface area contributed by atoms with Crippen LogP contribution in [-0.2, 0) is 9.59 Å². The molecule has 0 unspecified atom stereocenters. The maximum Gasteiger partial charge on any atom is 0.269 e. The fourth-order valence-electron chi connectivity index (χ4n) is 3.34. The van der Waals surface area contributed by atoms with Crippen LogP contribution in [0.5, 0.6) is 0 Å². The van der Waals surface area contributed by atoms with E-state index in [-0.39, 0.29) is 16.6 Å². The van der Waals surface area contributed by atoms with Crippen molar-refractivity contribution in [3.63, 3.8) is 0 Å². The second kappa shape index (κ2) is 7.97. The summed E-state index contributed by atoms with van der Waals surface area (Å²) in [5.74, 6) is -1.39. The van der Waals surface area contributed by atoms with Crippen molar-refractivity contribution in [3.05, 3.63) is 83.0 Å². The number of anilines is 2. The Labute approximate surface area is 187 Å². The molecule has 4 rings (SSSR count). The second-order valence-electron chi connectivity index (χ2n) is 6.81. The normalized spacial score (nSPS) is 20.7. The number of halogens is 1. The van der Waals surface area contributed by atoms with E-state index >= 15 is 0 Å². The minimum Gasteiger partial charge on any atom is -0.298 e. The van der Waals surface area contributed by atoms with Gasteiger partial charge in [0.25, 0.3) is 11.8 Å². The molecule has 0 aliphatic carbocycles. The highest BCUT2D eigenvalue weighted by Gasteiger charge is 2.37. The van der Waals surface area contributed by atoms with Crippen molar-refractivity contribution >= 4 is 62.2 Å². The minimum atomic E-state index is -0.530. The Bertz CT molecular complexity index is 1130. The van der Waals surface area contributed by atoms with Crippen LogP contribution in [0, 0.1) is 5.92 Å². The van der Waals surface area contributed by atoms with Crippen LogP contribution in [0.15, 0.2) is 88.1 Å². The van der Waals surface area contributed by atoms with Crippen LogP contribution in [-0.4, -0.2) is 22.6 Å². The molecule has 2 aromatic rings. The molecule has 2 aliphatic rings. The number of rotatable bonds is 3. The van der Waals surface area contributed by atoms with E-state index in [4.69, 9.17) is 12.2 Å². The number of carbonyl (C=O) groups is 2. The summed E-state index contributed by atoms with van der Waals surface area (Å²) in [7, 11) is 0. The number of nitrogens with zero attached hydrogens (tertiary/aromatic N) is 3. The van der Waals surface area contributed by atoms with E-state index < -0.39 is 11.8 Å². The first-order valence-corrected chi connectivity index (χ1v) is 10.3. The molecule has 6 nitrogen and oxygen atoms in total. The number of allylic oxidation sites excluding steroid dienone is 1. The fraction of sp³-hybridized carbons (Fsp3) is 0.0909. The molecule has 1 fully saturated rings. The van der Waals surface area contributed by atoms with E-state index in [2.05, 4.69) is 32.9 Å². The van der Waals surface area contributed by atoms with Gasteiger partial charge in [-0.05, 0) is 55.5 Å². The summed E-state index contributed by atoms with van der Waals surface area (Å²) >= 11 is 8.62. The van der Waals surface area contributed by atoms with Gasteiger partial charge >= 0.3 is 0 Å². The topological polar surface area (TPSA) is 65.0 Å². The molecule has 0 saturated carbocycles. The van der Waals surface area contributed by atoms with E-state index in [1.165, 1.54) is 4.90 Å². The summed E-state index contributed by atoms with van der Waals surface area (Å²) in [6.45, 7) is 5.99. The molecule has 1 N–H and O–H groups in total. The lowest BCUT2D eigenvalue weighted by Crippen LogP contribution is -2.54. The van der Waals surface area contributed by atoms with E-state index in [0.29, 0.717) is 11.4 Å². The van der Waals surface area contributed by atoms with Crippen molar-refractivity contribution in [1.82, 2.24) is 5.32 Å². The van der Waals surface area contributed by atoms with Gasteiger partial charge in [-0.25, -0.2) is 5.01 Å². The Hall–Kier alpha value is -3.10. The zero-order valence-corrected chi connectivity index (χ0v) is 18.4. The number of hydrogen-bond acceptors (Lipinski definition) is 5. The van der Waals surface area contributed by atoms with Crippen LogP contribution in [0.1, 0.15) is 6.92 Å². The molecule has 0 bridgehead atoms. The highest BCUT2D eigenvalue weighted by molar-refractivity contribution is 9.10. The van der Waals surface area contributed by atoms with Gasteiger partial charge in [-0.2, -0.15) is 5.10 Å². The number of hydrazone groups is 1. The third kappa shape index (κ3) is 3.59. The molecule has 30 heavy (non-hydrogen) atoms. The summed E-state index contributed by atoms with van der Waals surface area (Å²) in [4.78, 5) is 27.1. The van der Waals surface area contributed by atoms with Gasteiger partial charge in [0, 0.05) is 15.9 Å². The molecule has 0 radical (unpaired) electrons. The van der Waals surface area contributed by atoms with Gasteiger partial charge in [0.1, 0.15) is 5.57 Å². The fourth-order valence-corrected chi connectivity index (χ4v) is 3.88. The Balaban J connectivity index is 1.67. The van der Waals surface area contributed by atoms with Gasteiger partial charge in [-0.15, -0.1) is 0 Å². The number of para-hydroxylation sites is 1. The number of nitrogens with one attached hydrogen (secondary N) is 1. The molecule has 2 heterocycles. The molecule has 0 spiro atoms. The Kier molecular flexibility index (Phi) is 5.36. The SMILES string of the molecule is C=C1[C@@H](/C=C2\C(=O)NC(=S)N(c3ccc(Br)cc3)C2=O)C(C)=NN1c1ccccc1. The molecule has 2 aromatic carbocycles. The molecule has 1 saturated heterocycles. The van der Waals surface area contributed by atoms with Crippen LogP contribution in [0.3, 0.4) is 0 Å². The van der Waals surface area contributed by atoms with E-state index in [1.807, 2.05) is 37.3 Å². The van der Waals surface area contributed by atoms with Crippen LogP contribution in [0.4, 0.5) is 11.4 Å². The third-order valence-electron chi connectivity index (χ3n) is 4.86. The molecule has 2 aliphatic heterocycles. The average Bonchev–Trinajstić information content (AvgIpc) is 3.01. The number of benzene rings is 2. The quantitative estimate of drug-likeness (QED) is 0.407. The van der Waals surface area contributed by atoms with Gasteiger partial charge in [0.05, 0.1) is 17.3 Å². The predicted molar refractivity (Wildman–Crippen MR) is 125 cm³/mol. The maximum atomic E-state index is 13.2. The first-order valence-electron chi connectivity index (χ1n) is 9.13. The number of amides is 2. The van der Waals surface area contributed by atoms with Crippen molar-refractivity contribution in [3.8, 4) is 0 Å². The summed E-state index contributed by atoms with van der Waals surface area (Å²) in [6, 6.07) is 16.7. The third-order valence-corrected chi connectivity index (χ3v) is 5.67. The average molecular weight is 481 g/mol. The standard InChI is InChI=1S/C22H17BrN4O2S/c1-13-18(14(2)27(25-13)17-6-4-3-5-7-17)12-19-20(28)24-22(30)26(21(19)29)16-10-8-15(23)9-11-16/h3-12,18H,2H2,1H3,(H,24,28,30)/b19-12+/t18-/m0/s1. The van der Waals surface area contributed by atoms with Crippen molar-refractivity contribution in [2.75, 3.05) is 9.91 Å². The molecule has 8 heteroatoms. The summed E-state index contributed by atoms with van der Waals surface area (Å²) in [6.07, 6.45) is 1.61. The van der Waals surface area contributed by atoms with Crippen LogP contribution in [0.25, 0.3) is 0 Å².